The van der Waals surface area contributed by atoms with Gasteiger partial charge in [0.25, 0.3) is 5.91 Å². The largest absolute Gasteiger partial charge is 0.494 e. The van der Waals surface area contributed by atoms with Crippen LogP contribution in [0, 0.1) is 0 Å². The molecule has 0 saturated carbocycles. The third-order valence-corrected chi connectivity index (χ3v) is 6.69. The lowest BCUT2D eigenvalue weighted by Gasteiger charge is -2.25. The Kier molecular flexibility index (Phi) is 7.20. The Morgan fingerprint density at radius 2 is 1.74 bits per heavy atom. The number of fused-ring (bicyclic) bond motifs is 2. The second-order valence-corrected chi connectivity index (χ2v) is 9.37. The fourth-order valence-corrected chi connectivity index (χ4v) is 4.75. The third-order valence-electron chi connectivity index (χ3n) is 6.45. The van der Waals surface area contributed by atoms with Gasteiger partial charge in [-0.1, -0.05) is 37.1 Å². The number of carbonyl (C=O) groups is 2. The van der Waals surface area contributed by atoms with Crippen molar-refractivity contribution in [1.82, 2.24) is 0 Å². The number of carbonyl (C=O) groups excluding carboxylic acids is 2. The van der Waals surface area contributed by atoms with E-state index < -0.39 is 17.9 Å². The Balaban J connectivity index is 1.62. The Hall–Kier alpha value is -4.10. The van der Waals surface area contributed by atoms with Gasteiger partial charge in [-0.2, -0.15) is 0 Å². The molecule has 38 heavy (non-hydrogen) atoms. The average molecular weight is 532 g/mol. The quantitative estimate of drug-likeness (QED) is 0.189. The average Bonchev–Trinajstić information content (AvgIpc) is 3.22. The predicted molar refractivity (Wildman–Crippen MR) is 145 cm³/mol. The highest BCUT2D eigenvalue weighted by atomic mass is 35.5. The molecule has 0 bridgehead atoms. The molecule has 0 aliphatic carbocycles. The molecule has 8 heteroatoms. The molecule has 0 N–H and O–H groups in total. The Morgan fingerprint density at radius 3 is 2.42 bits per heavy atom. The van der Waals surface area contributed by atoms with E-state index in [1.807, 2.05) is 24.3 Å². The van der Waals surface area contributed by atoms with Gasteiger partial charge in [0, 0.05) is 10.7 Å². The predicted octanol–water partition coefficient (Wildman–Crippen LogP) is 6.55. The first-order chi connectivity index (χ1) is 18.4. The molecule has 1 unspecified atom stereocenters. The molecule has 2 heterocycles. The van der Waals surface area contributed by atoms with Gasteiger partial charge in [0.15, 0.2) is 5.43 Å². The van der Waals surface area contributed by atoms with Crippen molar-refractivity contribution >= 4 is 40.1 Å². The minimum Gasteiger partial charge on any atom is -0.494 e. The van der Waals surface area contributed by atoms with Crippen LogP contribution in [0.2, 0.25) is 5.02 Å². The van der Waals surface area contributed by atoms with Crippen molar-refractivity contribution in [1.29, 1.82) is 0 Å². The van der Waals surface area contributed by atoms with Crippen LogP contribution >= 0.6 is 11.6 Å². The summed E-state index contributed by atoms with van der Waals surface area (Å²) in [6, 6.07) is 17.8. The lowest BCUT2D eigenvalue weighted by atomic mass is 9.98. The number of rotatable bonds is 8. The summed E-state index contributed by atoms with van der Waals surface area (Å²) < 4.78 is 16.9. The van der Waals surface area contributed by atoms with Gasteiger partial charge in [0.1, 0.15) is 11.3 Å². The zero-order chi connectivity index (χ0) is 26.8. The summed E-state index contributed by atoms with van der Waals surface area (Å²) in [5, 5.41) is 0.693. The van der Waals surface area contributed by atoms with Crippen molar-refractivity contribution in [3.63, 3.8) is 0 Å². The maximum Gasteiger partial charge on any atom is 0.338 e. The SMILES string of the molecule is CCCCOc1ccc(C2c3c(oc4ccc(Cl)cc4c3=O)C(=O)N2c2ccc(C(=O)OCC)cc2)cc1. The lowest BCUT2D eigenvalue weighted by molar-refractivity contribution is 0.0526. The molecule has 3 aromatic carbocycles. The Morgan fingerprint density at radius 1 is 1.00 bits per heavy atom. The van der Waals surface area contributed by atoms with Crippen LogP contribution in [-0.2, 0) is 4.74 Å². The fraction of sp³-hybridized carbons (Fsp3) is 0.233. The number of hydrogen-bond donors (Lipinski definition) is 0. The molecular weight excluding hydrogens is 506 g/mol. The van der Waals surface area contributed by atoms with Gasteiger partial charge >= 0.3 is 5.97 Å². The van der Waals surface area contributed by atoms with Crippen LogP contribution in [0.3, 0.4) is 0 Å². The molecule has 1 aliphatic heterocycles. The first-order valence-corrected chi connectivity index (χ1v) is 12.9. The summed E-state index contributed by atoms with van der Waals surface area (Å²) in [5.41, 5.74) is 1.77. The number of ether oxygens (including phenoxy) is 2. The molecule has 5 rings (SSSR count). The highest BCUT2D eigenvalue weighted by molar-refractivity contribution is 6.31. The van der Waals surface area contributed by atoms with E-state index in [0.717, 1.165) is 12.8 Å². The highest BCUT2D eigenvalue weighted by Gasteiger charge is 2.43. The van der Waals surface area contributed by atoms with Crippen molar-refractivity contribution in [2.45, 2.75) is 32.7 Å². The van der Waals surface area contributed by atoms with Crippen molar-refractivity contribution < 1.29 is 23.5 Å². The number of hydrogen-bond acceptors (Lipinski definition) is 6. The first kappa shape index (κ1) is 25.5. The molecule has 0 spiro atoms. The molecule has 0 saturated heterocycles. The number of amides is 1. The Bertz CT molecular complexity index is 1560. The summed E-state index contributed by atoms with van der Waals surface area (Å²) in [4.78, 5) is 41.2. The van der Waals surface area contributed by atoms with Crippen molar-refractivity contribution in [2.75, 3.05) is 18.1 Å². The van der Waals surface area contributed by atoms with E-state index >= 15 is 0 Å². The van der Waals surface area contributed by atoms with E-state index in [9.17, 15) is 14.4 Å². The van der Waals surface area contributed by atoms with Crippen molar-refractivity contribution in [3.8, 4) is 5.75 Å². The van der Waals surface area contributed by atoms with Gasteiger partial charge < -0.3 is 13.9 Å². The minimum atomic E-state index is -0.754. The molecule has 0 radical (unpaired) electrons. The normalized spacial score (nSPS) is 14.6. The molecule has 194 valence electrons. The van der Waals surface area contributed by atoms with Crippen LogP contribution in [0.5, 0.6) is 5.75 Å². The van der Waals surface area contributed by atoms with Gasteiger partial charge in [0.05, 0.1) is 35.8 Å². The second-order valence-electron chi connectivity index (χ2n) is 8.93. The summed E-state index contributed by atoms with van der Waals surface area (Å²) >= 11 is 6.17. The van der Waals surface area contributed by atoms with E-state index in [4.69, 9.17) is 25.5 Å². The lowest BCUT2D eigenvalue weighted by Crippen LogP contribution is -2.29. The molecule has 4 aromatic rings. The van der Waals surface area contributed by atoms with Crippen LogP contribution in [-0.4, -0.2) is 25.1 Å². The standard InChI is InChI=1S/C30H26ClNO6/c1-3-5-16-37-22-13-8-18(9-14-22)26-25-27(33)23-17-20(31)10-15-24(23)38-28(25)29(34)32(26)21-11-6-19(7-12-21)30(35)36-4-2/h6-15,17,26H,3-5,16H2,1-2H3. The highest BCUT2D eigenvalue weighted by Crippen LogP contribution is 2.41. The molecule has 1 amide bonds. The zero-order valence-electron chi connectivity index (χ0n) is 21.0. The monoisotopic (exact) mass is 531 g/mol. The van der Waals surface area contributed by atoms with Crippen molar-refractivity contribution in [2.24, 2.45) is 0 Å². The van der Waals surface area contributed by atoms with Gasteiger partial charge in [0.2, 0.25) is 5.76 Å². The van der Waals surface area contributed by atoms with E-state index in [-0.39, 0.29) is 28.9 Å². The summed E-state index contributed by atoms with van der Waals surface area (Å²) in [6.07, 6.45) is 1.97. The number of benzene rings is 3. The van der Waals surface area contributed by atoms with Crippen LogP contribution in [0.15, 0.2) is 75.9 Å². The first-order valence-electron chi connectivity index (χ1n) is 12.5. The molecule has 1 atom stereocenters. The summed E-state index contributed by atoms with van der Waals surface area (Å²) in [6.45, 7) is 4.69. The topological polar surface area (TPSA) is 86.0 Å². The molecule has 1 aliphatic rings. The molecule has 1 aromatic heterocycles. The fourth-order valence-electron chi connectivity index (χ4n) is 4.58. The summed E-state index contributed by atoms with van der Waals surface area (Å²) in [7, 11) is 0. The maximum atomic E-state index is 13.8. The number of halogens is 1. The van der Waals surface area contributed by atoms with E-state index in [2.05, 4.69) is 6.92 Å². The number of esters is 1. The maximum absolute atomic E-state index is 13.8. The molecular formula is C30H26ClNO6. The van der Waals surface area contributed by atoms with Gasteiger partial charge in [-0.05, 0) is 73.5 Å². The van der Waals surface area contributed by atoms with E-state index in [0.29, 0.717) is 39.6 Å². The van der Waals surface area contributed by atoms with E-state index in [1.54, 1.807) is 49.4 Å². The van der Waals surface area contributed by atoms with E-state index in [1.165, 1.54) is 4.90 Å². The zero-order valence-corrected chi connectivity index (χ0v) is 21.8. The second kappa shape index (κ2) is 10.7. The molecule has 0 fully saturated rings. The van der Waals surface area contributed by atoms with Crippen LogP contribution < -0.4 is 15.1 Å². The number of nitrogens with zero attached hydrogens (tertiary/aromatic N) is 1. The third kappa shape index (κ3) is 4.65. The minimum absolute atomic E-state index is 0.0208. The van der Waals surface area contributed by atoms with Gasteiger partial charge in [-0.15, -0.1) is 0 Å². The Labute approximate surface area is 224 Å². The van der Waals surface area contributed by atoms with Gasteiger partial charge in [-0.25, -0.2) is 4.79 Å². The van der Waals surface area contributed by atoms with Gasteiger partial charge in [-0.3, -0.25) is 14.5 Å². The number of anilines is 1. The summed E-state index contributed by atoms with van der Waals surface area (Å²) in [5.74, 6) is -0.224. The van der Waals surface area contributed by atoms with Crippen molar-refractivity contribution in [3.05, 3.63) is 104 Å². The van der Waals surface area contributed by atoms with Crippen LogP contribution in [0.25, 0.3) is 11.0 Å². The van der Waals surface area contributed by atoms with Crippen LogP contribution in [0.1, 0.15) is 64.8 Å². The van der Waals surface area contributed by atoms with Crippen LogP contribution in [0.4, 0.5) is 5.69 Å². The smallest absolute Gasteiger partial charge is 0.338 e. The number of unbranched alkanes of at least 4 members (excludes halogenated alkanes) is 1. The molecule has 7 nitrogen and oxygen atoms in total.